The predicted molar refractivity (Wildman–Crippen MR) is 57.3 cm³/mol. The van der Waals surface area contributed by atoms with Gasteiger partial charge in [-0.05, 0) is 31.2 Å². The minimum Gasteiger partial charge on any atom is -0.381 e. The van der Waals surface area contributed by atoms with Gasteiger partial charge in [-0.2, -0.15) is 0 Å². The minimum atomic E-state index is 0.289. The van der Waals surface area contributed by atoms with Gasteiger partial charge in [-0.1, -0.05) is 0 Å². The normalized spacial score (nSPS) is 28.7. The molecule has 2 aliphatic heterocycles. The second kappa shape index (κ2) is 4.94. The number of carbonyl (C=O) groups excluding carboxylic acids is 1. The van der Waals surface area contributed by atoms with Crippen LogP contribution in [0.15, 0.2) is 0 Å². The molecule has 0 saturated carbocycles. The molecule has 2 fully saturated rings. The van der Waals surface area contributed by atoms with Gasteiger partial charge in [0.2, 0.25) is 5.91 Å². The highest BCUT2D eigenvalue weighted by atomic mass is 16.5. The number of amides is 1. The van der Waals surface area contributed by atoms with Crippen molar-refractivity contribution in [1.29, 1.82) is 0 Å². The molecule has 0 bridgehead atoms. The molecule has 0 aromatic rings. The molecule has 4 nitrogen and oxygen atoms in total. The van der Waals surface area contributed by atoms with Crippen molar-refractivity contribution in [3.63, 3.8) is 0 Å². The first-order chi connectivity index (χ1) is 7.29. The highest BCUT2D eigenvalue weighted by molar-refractivity contribution is 5.78. The molecule has 2 N–H and O–H groups in total. The van der Waals surface area contributed by atoms with Crippen LogP contribution in [-0.2, 0) is 9.53 Å². The Morgan fingerprint density at radius 2 is 2.07 bits per heavy atom. The Balaban J connectivity index is 1.81. The average Bonchev–Trinajstić information content (AvgIpc) is 2.61. The van der Waals surface area contributed by atoms with Crippen molar-refractivity contribution in [3.8, 4) is 0 Å². The first-order valence-corrected chi connectivity index (χ1v) is 5.85. The van der Waals surface area contributed by atoms with Gasteiger partial charge in [0.15, 0.2) is 0 Å². The number of hydrogen-bond donors (Lipinski definition) is 1. The van der Waals surface area contributed by atoms with Gasteiger partial charge >= 0.3 is 0 Å². The summed E-state index contributed by atoms with van der Waals surface area (Å²) < 4.78 is 5.31. The summed E-state index contributed by atoms with van der Waals surface area (Å²) in [4.78, 5) is 13.6. The third-order valence-corrected chi connectivity index (χ3v) is 3.45. The van der Waals surface area contributed by atoms with Crippen LogP contribution in [0.1, 0.15) is 19.3 Å². The smallest absolute Gasteiger partial charge is 0.222 e. The van der Waals surface area contributed by atoms with E-state index in [4.69, 9.17) is 10.5 Å². The molecule has 15 heavy (non-hydrogen) atoms. The molecule has 4 heteroatoms. The van der Waals surface area contributed by atoms with E-state index in [1.54, 1.807) is 0 Å². The van der Waals surface area contributed by atoms with Gasteiger partial charge in [0.05, 0.1) is 0 Å². The van der Waals surface area contributed by atoms with Crippen LogP contribution in [0.2, 0.25) is 0 Å². The van der Waals surface area contributed by atoms with Crippen LogP contribution in [0.3, 0.4) is 0 Å². The molecule has 1 unspecified atom stereocenters. The monoisotopic (exact) mass is 212 g/mol. The lowest BCUT2D eigenvalue weighted by molar-refractivity contribution is -0.128. The van der Waals surface area contributed by atoms with Gasteiger partial charge < -0.3 is 15.4 Å². The number of carbonyl (C=O) groups is 1. The second-order valence-corrected chi connectivity index (χ2v) is 4.66. The SMILES string of the molecule is NCC1CC(=O)N(CC2CCOCC2)C1. The van der Waals surface area contributed by atoms with Gasteiger partial charge in [0.1, 0.15) is 0 Å². The lowest BCUT2D eigenvalue weighted by Crippen LogP contribution is -2.34. The fourth-order valence-corrected chi connectivity index (χ4v) is 2.43. The number of nitrogens with zero attached hydrogens (tertiary/aromatic N) is 1. The first-order valence-electron chi connectivity index (χ1n) is 5.85. The summed E-state index contributed by atoms with van der Waals surface area (Å²) in [7, 11) is 0. The lowest BCUT2D eigenvalue weighted by atomic mass is 10.00. The Hall–Kier alpha value is -0.610. The van der Waals surface area contributed by atoms with Crippen molar-refractivity contribution < 1.29 is 9.53 Å². The maximum Gasteiger partial charge on any atom is 0.222 e. The van der Waals surface area contributed by atoms with E-state index in [0.717, 1.165) is 39.1 Å². The quantitative estimate of drug-likeness (QED) is 0.728. The second-order valence-electron chi connectivity index (χ2n) is 4.66. The molecule has 1 atom stereocenters. The molecule has 86 valence electrons. The van der Waals surface area contributed by atoms with Crippen molar-refractivity contribution >= 4 is 5.91 Å². The zero-order valence-corrected chi connectivity index (χ0v) is 9.15. The molecule has 2 rings (SSSR count). The van der Waals surface area contributed by atoms with Gasteiger partial charge in [-0.3, -0.25) is 4.79 Å². The maximum absolute atomic E-state index is 11.7. The predicted octanol–water partition coefficient (Wildman–Crippen LogP) is 0.220. The fourth-order valence-electron chi connectivity index (χ4n) is 2.43. The Morgan fingerprint density at radius 3 is 2.67 bits per heavy atom. The summed E-state index contributed by atoms with van der Waals surface area (Å²) in [5, 5.41) is 0. The summed E-state index contributed by atoms with van der Waals surface area (Å²) in [6, 6.07) is 0. The highest BCUT2D eigenvalue weighted by Crippen LogP contribution is 2.22. The summed E-state index contributed by atoms with van der Waals surface area (Å²) >= 11 is 0. The number of rotatable bonds is 3. The summed E-state index contributed by atoms with van der Waals surface area (Å²) in [6.45, 7) is 4.13. The molecule has 0 aromatic carbocycles. The molecular weight excluding hydrogens is 192 g/mol. The zero-order chi connectivity index (χ0) is 10.7. The van der Waals surface area contributed by atoms with Crippen molar-refractivity contribution in [3.05, 3.63) is 0 Å². The molecule has 2 heterocycles. The van der Waals surface area contributed by atoms with Crippen LogP contribution < -0.4 is 5.73 Å². The molecule has 0 aliphatic carbocycles. The fraction of sp³-hybridized carbons (Fsp3) is 0.909. The third-order valence-electron chi connectivity index (χ3n) is 3.45. The summed E-state index contributed by atoms with van der Waals surface area (Å²) in [5.41, 5.74) is 5.59. The van der Waals surface area contributed by atoms with Gasteiger partial charge in [-0.25, -0.2) is 0 Å². The third kappa shape index (κ3) is 2.69. The minimum absolute atomic E-state index is 0.289. The van der Waals surface area contributed by atoms with Crippen molar-refractivity contribution in [1.82, 2.24) is 4.90 Å². The molecule has 0 aromatic heterocycles. The van der Waals surface area contributed by atoms with E-state index in [2.05, 4.69) is 0 Å². The van der Waals surface area contributed by atoms with Crippen molar-refractivity contribution in [2.45, 2.75) is 19.3 Å². The zero-order valence-electron chi connectivity index (χ0n) is 9.15. The molecule has 0 spiro atoms. The standard InChI is InChI=1S/C11H20N2O2/c12-6-10-5-11(14)13(8-10)7-9-1-3-15-4-2-9/h9-10H,1-8,12H2. The molecule has 2 saturated heterocycles. The van der Waals surface area contributed by atoms with Crippen molar-refractivity contribution in [2.24, 2.45) is 17.6 Å². The van der Waals surface area contributed by atoms with E-state index in [1.165, 1.54) is 0 Å². The number of hydrogen-bond acceptors (Lipinski definition) is 3. The van der Waals surface area contributed by atoms with Crippen LogP contribution in [0, 0.1) is 11.8 Å². The van der Waals surface area contributed by atoms with Crippen LogP contribution >= 0.6 is 0 Å². The van der Waals surface area contributed by atoms with E-state index < -0.39 is 0 Å². The summed E-state index contributed by atoms with van der Waals surface area (Å²) in [5.74, 6) is 1.31. The van der Waals surface area contributed by atoms with Crippen LogP contribution in [-0.4, -0.2) is 43.7 Å². The topological polar surface area (TPSA) is 55.6 Å². The Bertz CT molecular complexity index is 227. The highest BCUT2D eigenvalue weighted by Gasteiger charge is 2.30. The van der Waals surface area contributed by atoms with E-state index >= 15 is 0 Å². The number of likely N-dealkylation sites (tertiary alicyclic amines) is 1. The van der Waals surface area contributed by atoms with E-state index in [0.29, 0.717) is 24.8 Å². The van der Waals surface area contributed by atoms with Crippen molar-refractivity contribution in [2.75, 3.05) is 32.8 Å². The van der Waals surface area contributed by atoms with Crippen LogP contribution in [0.25, 0.3) is 0 Å². The Labute approximate surface area is 90.8 Å². The van der Waals surface area contributed by atoms with E-state index in [-0.39, 0.29) is 5.91 Å². The van der Waals surface area contributed by atoms with Gasteiger partial charge in [0.25, 0.3) is 0 Å². The number of ether oxygens (including phenoxy) is 1. The maximum atomic E-state index is 11.7. The Morgan fingerprint density at radius 1 is 1.33 bits per heavy atom. The van der Waals surface area contributed by atoms with Crippen LogP contribution in [0.4, 0.5) is 0 Å². The van der Waals surface area contributed by atoms with Crippen LogP contribution in [0.5, 0.6) is 0 Å². The average molecular weight is 212 g/mol. The lowest BCUT2D eigenvalue weighted by Gasteiger charge is -2.27. The van der Waals surface area contributed by atoms with Gasteiger partial charge in [-0.15, -0.1) is 0 Å². The largest absolute Gasteiger partial charge is 0.381 e. The molecule has 0 radical (unpaired) electrons. The molecular formula is C11H20N2O2. The van der Waals surface area contributed by atoms with Gasteiger partial charge in [0, 0.05) is 32.7 Å². The van der Waals surface area contributed by atoms with E-state index in [9.17, 15) is 4.79 Å². The van der Waals surface area contributed by atoms with E-state index in [1.807, 2.05) is 4.90 Å². The summed E-state index contributed by atoms with van der Waals surface area (Å²) in [6.07, 6.45) is 2.84. The molecule has 1 amide bonds. The molecule has 2 aliphatic rings. The first kappa shape index (κ1) is 10.9. The Kier molecular flexibility index (Phi) is 3.59. The number of nitrogens with two attached hydrogens (primary N) is 1.